The number of fused-ring (bicyclic) bond motifs is 1. The number of nitrogens with zero attached hydrogens (tertiary/aromatic N) is 5. The average molecular weight is 519 g/mol. The van der Waals surface area contributed by atoms with E-state index in [4.69, 9.17) is 9.73 Å². The number of aliphatic imine (C=N–C) groups is 1. The first-order valence-corrected chi connectivity index (χ1v) is 10.5. The number of thiazole rings is 1. The topological polar surface area (TPSA) is 89.2 Å². The zero-order valence-electron chi connectivity index (χ0n) is 16.8. The Morgan fingerprint density at radius 2 is 2.25 bits per heavy atom. The summed E-state index contributed by atoms with van der Waals surface area (Å²) in [5, 5.41) is 14.7. The first kappa shape index (κ1) is 23.0. The highest BCUT2D eigenvalue weighted by molar-refractivity contribution is 14.0. The number of aromatic nitrogens is 4. The highest BCUT2D eigenvalue weighted by Crippen LogP contribution is 2.14. The molecular formula is C18H30IN7OS. The third-order valence-electron chi connectivity index (χ3n) is 4.40. The van der Waals surface area contributed by atoms with E-state index >= 15 is 0 Å². The van der Waals surface area contributed by atoms with Gasteiger partial charge in [-0.25, -0.2) is 14.6 Å². The first-order valence-electron chi connectivity index (χ1n) is 9.61. The number of halogens is 1. The molecule has 0 spiro atoms. The lowest BCUT2D eigenvalue weighted by atomic mass is 10.1. The van der Waals surface area contributed by atoms with Crippen molar-refractivity contribution in [3.05, 3.63) is 27.7 Å². The van der Waals surface area contributed by atoms with Gasteiger partial charge in [0.05, 0.1) is 17.2 Å². The second kappa shape index (κ2) is 11.7. The van der Waals surface area contributed by atoms with Crippen LogP contribution in [0, 0.1) is 0 Å². The molecule has 3 rings (SSSR count). The predicted octanol–water partition coefficient (Wildman–Crippen LogP) is 2.17. The normalized spacial score (nSPS) is 16.4. The summed E-state index contributed by atoms with van der Waals surface area (Å²) in [6.07, 6.45) is 3.79. The maximum Gasteiger partial charge on any atom is 0.191 e. The summed E-state index contributed by atoms with van der Waals surface area (Å²) in [6.45, 7) is 7.03. The molecule has 2 aromatic rings. The van der Waals surface area contributed by atoms with E-state index in [2.05, 4.69) is 44.9 Å². The van der Waals surface area contributed by atoms with Gasteiger partial charge in [0.25, 0.3) is 0 Å². The molecule has 0 aliphatic carbocycles. The Hall–Kier alpha value is -1.27. The van der Waals surface area contributed by atoms with Crippen LogP contribution in [0.1, 0.15) is 42.6 Å². The molecule has 0 saturated heterocycles. The van der Waals surface area contributed by atoms with E-state index in [0.717, 1.165) is 68.6 Å². The van der Waals surface area contributed by atoms with Crippen LogP contribution < -0.4 is 10.6 Å². The van der Waals surface area contributed by atoms with Crippen molar-refractivity contribution < 1.29 is 4.74 Å². The lowest BCUT2D eigenvalue weighted by molar-refractivity contribution is 0.177. The fourth-order valence-electron chi connectivity index (χ4n) is 3.09. The molecule has 10 heteroatoms. The van der Waals surface area contributed by atoms with E-state index in [1.54, 1.807) is 18.4 Å². The smallest absolute Gasteiger partial charge is 0.191 e. The minimum atomic E-state index is 0. The Morgan fingerprint density at radius 3 is 2.96 bits per heavy atom. The lowest BCUT2D eigenvalue weighted by Gasteiger charge is -2.25. The maximum absolute atomic E-state index is 5.13. The van der Waals surface area contributed by atoms with Crippen LogP contribution >= 0.6 is 35.3 Å². The Bertz CT molecular complexity index is 761. The molecule has 1 unspecified atom stereocenters. The summed E-state index contributed by atoms with van der Waals surface area (Å²) in [6, 6.07) is 0.290. The minimum absolute atomic E-state index is 0. The van der Waals surface area contributed by atoms with Gasteiger partial charge < -0.3 is 15.4 Å². The van der Waals surface area contributed by atoms with Gasteiger partial charge in [-0.1, -0.05) is 6.92 Å². The summed E-state index contributed by atoms with van der Waals surface area (Å²) in [5.41, 5.74) is 1.13. The largest absolute Gasteiger partial charge is 0.377 e. The summed E-state index contributed by atoms with van der Waals surface area (Å²) >= 11 is 1.73. The van der Waals surface area contributed by atoms with Crippen LogP contribution in [0.3, 0.4) is 0 Å². The summed E-state index contributed by atoms with van der Waals surface area (Å²) < 4.78 is 7.12. The van der Waals surface area contributed by atoms with Crippen LogP contribution in [0.15, 0.2) is 10.4 Å². The second-order valence-corrected chi connectivity index (χ2v) is 7.48. The van der Waals surface area contributed by atoms with E-state index in [0.29, 0.717) is 12.6 Å². The Kier molecular flexibility index (Phi) is 9.59. The molecule has 0 radical (unpaired) electrons. The van der Waals surface area contributed by atoms with Crippen molar-refractivity contribution in [2.75, 3.05) is 20.2 Å². The fourth-order valence-corrected chi connectivity index (χ4v) is 3.87. The molecule has 0 saturated carbocycles. The van der Waals surface area contributed by atoms with Crippen molar-refractivity contribution in [1.82, 2.24) is 30.4 Å². The number of rotatable bonds is 8. The van der Waals surface area contributed by atoms with Crippen LogP contribution in [0.5, 0.6) is 0 Å². The van der Waals surface area contributed by atoms with E-state index in [-0.39, 0.29) is 24.0 Å². The molecule has 0 amide bonds. The van der Waals surface area contributed by atoms with E-state index in [9.17, 15) is 0 Å². The zero-order valence-corrected chi connectivity index (χ0v) is 19.9. The Morgan fingerprint density at radius 1 is 1.39 bits per heavy atom. The highest BCUT2D eigenvalue weighted by Gasteiger charge is 2.22. The summed E-state index contributed by atoms with van der Waals surface area (Å²) in [4.78, 5) is 13.9. The van der Waals surface area contributed by atoms with E-state index in [1.165, 1.54) is 5.01 Å². The molecule has 1 aliphatic heterocycles. The quantitative estimate of drug-likeness (QED) is 0.316. The van der Waals surface area contributed by atoms with Gasteiger partial charge in [-0.3, -0.25) is 4.99 Å². The molecule has 156 valence electrons. The molecule has 2 N–H and O–H groups in total. The van der Waals surface area contributed by atoms with Crippen molar-refractivity contribution >= 4 is 41.3 Å². The van der Waals surface area contributed by atoms with Crippen LogP contribution in [0.25, 0.3) is 0 Å². The number of hydrogen-bond acceptors (Lipinski definition) is 6. The van der Waals surface area contributed by atoms with Crippen molar-refractivity contribution in [3.8, 4) is 0 Å². The fraction of sp³-hybridized carbons (Fsp3) is 0.667. The van der Waals surface area contributed by atoms with E-state index in [1.807, 2.05) is 4.68 Å². The molecule has 28 heavy (non-hydrogen) atoms. The van der Waals surface area contributed by atoms with Gasteiger partial charge in [0.2, 0.25) is 0 Å². The number of methoxy groups -OCH3 is 1. The number of nitrogens with one attached hydrogen (secondary N) is 2. The van der Waals surface area contributed by atoms with Crippen LogP contribution in [0.4, 0.5) is 0 Å². The molecule has 0 aromatic carbocycles. The van der Waals surface area contributed by atoms with Gasteiger partial charge in [-0.05, 0) is 19.8 Å². The van der Waals surface area contributed by atoms with Crippen molar-refractivity contribution in [3.63, 3.8) is 0 Å². The monoisotopic (exact) mass is 519 g/mol. The SMILES string of the molecule is CCNC(=NCCc1csc(CC)n1)NC1CCc2nc(COC)nn2C1.I. The predicted molar refractivity (Wildman–Crippen MR) is 123 cm³/mol. The zero-order chi connectivity index (χ0) is 19.1. The average Bonchev–Trinajstić information content (AvgIpc) is 3.28. The maximum atomic E-state index is 5.13. The molecule has 3 heterocycles. The molecular weight excluding hydrogens is 489 g/mol. The van der Waals surface area contributed by atoms with Gasteiger partial charge in [-0.2, -0.15) is 5.10 Å². The van der Waals surface area contributed by atoms with E-state index < -0.39 is 0 Å². The number of hydrogen-bond donors (Lipinski definition) is 2. The number of ether oxygens (including phenoxy) is 1. The second-order valence-electron chi connectivity index (χ2n) is 6.54. The van der Waals surface area contributed by atoms with Gasteiger partial charge in [0.1, 0.15) is 12.4 Å². The van der Waals surface area contributed by atoms with Crippen LogP contribution in [-0.2, 0) is 37.2 Å². The number of guanidine groups is 1. The summed E-state index contributed by atoms with van der Waals surface area (Å²) in [5.74, 6) is 2.65. The molecule has 0 fully saturated rings. The van der Waals surface area contributed by atoms with Gasteiger partial charge >= 0.3 is 0 Å². The number of aryl methyl sites for hydroxylation is 2. The van der Waals surface area contributed by atoms with Crippen LogP contribution in [0.2, 0.25) is 0 Å². The highest BCUT2D eigenvalue weighted by atomic mass is 127. The Labute approximate surface area is 187 Å². The van der Waals surface area contributed by atoms with Gasteiger partial charge in [0, 0.05) is 44.5 Å². The molecule has 1 aliphatic rings. The molecule has 8 nitrogen and oxygen atoms in total. The van der Waals surface area contributed by atoms with Crippen LogP contribution in [-0.4, -0.2) is 51.9 Å². The first-order chi connectivity index (χ1) is 13.2. The van der Waals surface area contributed by atoms with Crippen molar-refractivity contribution in [1.29, 1.82) is 0 Å². The Balaban J connectivity index is 0.00000280. The van der Waals surface area contributed by atoms with Gasteiger partial charge in [0.15, 0.2) is 11.8 Å². The van der Waals surface area contributed by atoms with Gasteiger partial charge in [-0.15, -0.1) is 35.3 Å². The van der Waals surface area contributed by atoms with Crippen molar-refractivity contribution in [2.24, 2.45) is 4.99 Å². The standard InChI is InChI=1S/C18H29N7OS.HI/c1-4-17-21-14(12-27-17)8-9-20-18(19-5-2)22-13-6-7-16-23-15(11-26-3)24-25(16)10-13;/h12-13H,4-11H2,1-3H3,(H2,19,20,22);1H. The molecule has 0 bridgehead atoms. The molecule has 1 atom stereocenters. The van der Waals surface area contributed by atoms with Crippen molar-refractivity contribution in [2.45, 2.75) is 58.7 Å². The third-order valence-corrected chi connectivity index (χ3v) is 5.44. The third kappa shape index (κ3) is 6.38. The summed E-state index contributed by atoms with van der Waals surface area (Å²) in [7, 11) is 1.66. The molecule has 2 aromatic heterocycles. The minimum Gasteiger partial charge on any atom is -0.377 e. The lowest BCUT2D eigenvalue weighted by Crippen LogP contribution is -2.47.